The lowest BCUT2D eigenvalue weighted by atomic mass is 10.00. The van der Waals surface area contributed by atoms with Gasteiger partial charge in [0.15, 0.2) is 0 Å². The Kier molecular flexibility index (Phi) is 5.74. The second kappa shape index (κ2) is 10.8. The second-order valence-corrected chi connectivity index (χ2v) is 15.6. The van der Waals surface area contributed by atoms with E-state index in [4.69, 9.17) is 9.97 Å². The van der Waals surface area contributed by atoms with Crippen LogP contribution in [0, 0.1) is 0 Å². The highest BCUT2D eigenvalue weighted by Crippen LogP contribution is 2.48. The van der Waals surface area contributed by atoms with Crippen molar-refractivity contribution in [3.63, 3.8) is 0 Å². The molecule has 0 bridgehead atoms. The molecule has 0 aliphatic heterocycles. The first-order valence-corrected chi connectivity index (χ1v) is 19.5. The number of fused-ring (bicyclic) bond motifs is 15. The Labute approximate surface area is 318 Å². The van der Waals surface area contributed by atoms with Crippen molar-refractivity contribution in [2.24, 2.45) is 0 Å². The van der Waals surface area contributed by atoms with Crippen LogP contribution in [0.4, 0.5) is 0 Å². The molecule has 254 valence electrons. The summed E-state index contributed by atoms with van der Waals surface area (Å²) in [4.78, 5) is 11.1. The van der Waals surface area contributed by atoms with E-state index >= 15 is 0 Å². The van der Waals surface area contributed by atoms with Crippen molar-refractivity contribution in [2.75, 3.05) is 0 Å². The first-order valence-electron chi connectivity index (χ1n) is 18.7. The Morgan fingerprint density at radius 3 is 1.95 bits per heavy atom. The first kappa shape index (κ1) is 29.4. The smallest absolute Gasteiger partial charge is 0.235 e. The van der Waals surface area contributed by atoms with Gasteiger partial charge >= 0.3 is 0 Å². The van der Waals surface area contributed by atoms with Gasteiger partial charge in [0.05, 0.1) is 43.5 Å². The Morgan fingerprint density at radius 1 is 0.418 bits per heavy atom. The van der Waals surface area contributed by atoms with Crippen molar-refractivity contribution in [2.45, 2.75) is 0 Å². The minimum atomic E-state index is 0.678. The van der Waals surface area contributed by atoms with Gasteiger partial charge in [-0.25, -0.2) is 9.97 Å². The first-order chi connectivity index (χ1) is 27.3. The van der Waals surface area contributed by atoms with Gasteiger partial charge in [0.2, 0.25) is 5.95 Å². The minimum absolute atomic E-state index is 0.678. The molecule has 4 nitrogen and oxygen atoms in total. The molecule has 5 heteroatoms. The number of para-hydroxylation sites is 2. The van der Waals surface area contributed by atoms with E-state index < -0.39 is 0 Å². The fraction of sp³-hybridized carbons (Fsp3) is 0. The van der Waals surface area contributed by atoms with Crippen LogP contribution in [0.15, 0.2) is 170 Å². The lowest BCUT2D eigenvalue weighted by Crippen LogP contribution is -2.03. The van der Waals surface area contributed by atoms with Crippen molar-refractivity contribution in [1.82, 2.24) is 18.9 Å². The molecule has 13 aromatic rings. The molecule has 8 aromatic carbocycles. The Hall–Kier alpha value is -7.08. The molecule has 0 aliphatic rings. The third kappa shape index (κ3) is 3.89. The Bertz CT molecular complexity index is 3700. The summed E-state index contributed by atoms with van der Waals surface area (Å²) in [5.74, 6) is 0.678. The highest BCUT2D eigenvalue weighted by Gasteiger charge is 2.26. The SMILES string of the molecule is c1ccc(-c2ccc(-c3nc(-n4c5ccccc5c5cc6c7c8ccccc8ccc7n7c8ccccc8c(c54)c67)nc4c3sc3ccccc34)cc2)cc1. The van der Waals surface area contributed by atoms with Crippen LogP contribution < -0.4 is 0 Å². The van der Waals surface area contributed by atoms with Gasteiger partial charge in [-0.1, -0.05) is 140 Å². The summed E-state index contributed by atoms with van der Waals surface area (Å²) in [5, 5.41) is 11.1. The molecule has 0 N–H and O–H groups in total. The maximum absolute atomic E-state index is 5.58. The third-order valence-electron chi connectivity index (χ3n) is 11.7. The maximum atomic E-state index is 5.58. The molecule has 0 atom stereocenters. The van der Waals surface area contributed by atoms with Crippen LogP contribution in [-0.2, 0) is 0 Å². The van der Waals surface area contributed by atoms with Gasteiger partial charge in [-0.15, -0.1) is 11.3 Å². The molecule has 5 heterocycles. The highest BCUT2D eigenvalue weighted by atomic mass is 32.1. The number of rotatable bonds is 3. The Balaban J connectivity index is 1.19. The van der Waals surface area contributed by atoms with Gasteiger partial charge in [0.1, 0.15) is 0 Å². The van der Waals surface area contributed by atoms with E-state index in [1.54, 1.807) is 11.3 Å². The standard InChI is InChI=1S/C50H28N4S/c1-2-12-29(13-3-1)30-22-24-32(25-23-30)45-49-46(36-18-8-11-21-42(36)55-49)52-50(51-45)54-39-19-9-6-16-34(39)37-28-38-43-33-15-5-4-14-31(33)26-27-41(43)53-40-20-10-7-17-35(40)44(47(37)54)48(38)53/h1-28H. The molecule has 0 unspecified atom stereocenters. The van der Waals surface area contributed by atoms with Gasteiger partial charge in [0.25, 0.3) is 0 Å². The van der Waals surface area contributed by atoms with Crippen LogP contribution in [0.1, 0.15) is 0 Å². The fourth-order valence-electron chi connectivity index (χ4n) is 9.31. The van der Waals surface area contributed by atoms with E-state index in [1.807, 2.05) is 0 Å². The number of benzene rings is 8. The Morgan fingerprint density at radius 2 is 1.09 bits per heavy atom. The average Bonchev–Trinajstić information content (AvgIpc) is 3.99. The number of aromatic nitrogens is 4. The lowest BCUT2D eigenvalue weighted by Gasteiger charge is -2.11. The van der Waals surface area contributed by atoms with E-state index in [2.05, 4.69) is 179 Å². The van der Waals surface area contributed by atoms with Crippen LogP contribution in [0.5, 0.6) is 0 Å². The molecule has 13 rings (SSSR count). The minimum Gasteiger partial charge on any atom is -0.308 e. The summed E-state index contributed by atoms with van der Waals surface area (Å²) in [6.07, 6.45) is 0. The number of thiophene rings is 1. The molecule has 0 saturated carbocycles. The van der Waals surface area contributed by atoms with Gasteiger partial charge in [-0.05, 0) is 52.2 Å². The van der Waals surface area contributed by atoms with E-state index in [1.165, 1.54) is 75.5 Å². The topological polar surface area (TPSA) is 35.1 Å². The van der Waals surface area contributed by atoms with E-state index in [0.29, 0.717) is 5.95 Å². The van der Waals surface area contributed by atoms with Crippen molar-refractivity contribution >= 4 is 102 Å². The quantitative estimate of drug-likeness (QED) is 0.182. The second-order valence-electron chi connectivity index (χ2n) is 14.5. The highest BCUT2D eigenvalue weighted by molar-refractivity contribution is 7.26. The predicted molar refractivity (Wildman–Crippen MR) is 232 cm³/mol. The summed E-state index contributed by atoms with van der Waals surface area (Å²) in [7, 11) is 0. The molecule has 55 heavy (non-hydrogen) atoms. The average molecular weight is 717 g/mol. The molecule has 0 saturated heterocycles. The van der Waals surface area contributed by atoms with Gasteiger partial charge < -0.3 is 4.40 Å². The molecule has 0 amide bonds. The van der Waals surface area contributed by atoms with E-state index in [0.717, 1.165) is 37.9 Å². The van der Waals surface area contributed by atoms with E-state index in [9.17, 15) is 0 Å². The molecular weight excluding hydrogens is 689 g/mol. The van der Waals surface area contributed by atoms with Gasteiger partial charge in [0, 0.05) is 48.0 Å². The largest absolute Gasteiger partial charge is 0.308 e. The molecule has 0 spiro atoms. The molecular formula is C50H28N4S. The van der Waals surface area contributed by atoms with E-state index in [-0.39, 0.29) is 0 Å². The zero-order valence-electron chi connectivity index (χ0n) is 29.4. The molecule has 0 aliphatic carbocycles. The summed E-state index contributed by atoms with van der Waals surface area (Å²) in [5.41, 5.74) is 11.3. The molecule has 0 radical (unpaired) electrons. The summed E-state index contributed by atoms with van der Waals surface area (Å²) in [6.45, 7) is 0. The number of nitrogens with zero attached hydrogens (tertiary/aromatic N) is 4. The van der Waals surface area contributed by atoms with Crippen molar-refractivity contribution in [3.8, 4) is 28.3 Å². The molecule has 5 aromatic heterocycles. The normalized spacial score (nSPS) is 12.4. The monoisotopic (exact) mass is 716 g/mol. The number of hydrogen-bond acceptors (Lipinski definition) is 3. The van der Waals surface area contributed by atoms with Crippen molar-refractivity contribution in [3.05, 3.63) is 170 Å². The van der Waals surface area contributed by atoms with Crippen LogP contribution in [0.2, 0.25) is 0 Å². The predicted octanol–water partition coefficient (Wildman–Crippen LogP) is 13.6. The van der Waals surface area contributed by atoms with Gasteiger partial charge in [-0.2, -0.15) is 0 Å². The maximum Gasteiger partial charge on any atom is 0.235 e. The lowest BCUT2D eigenvalue weighted by molar-refractivity contribution is 1.02. The van der Waals surface area contributed by atoms with Gasteiger partial charge in [-0.3, -0.25) is 4.57 Å². The van der Waals surface area contributed by atoms with Crippen molar-refractivity contribution < 1.29 is 0 Å². The summed E-state index contributed by atoms with van der Waals surface area (Å²) in [6, 6.07) is 61.4. The fourth-order valence-corrected chi connectivity index (χ4v) is 10.5. The van der Waals surface area contributed by atoms with Crippen LogP contribution in [-0.4, -0.2) is 18.9 Å². The van der Waals surface area contributed by atoms with Crippen molar-refractivity contribution in [1.29, 1.82) is 0 Å². The summed E-state index contributed by atoms with van der Waals surface area (Å²) >= 11 is 1.77. The van der Waals surface area contributed by atoms with Crippen LogP contribution in [0.3, 0.4) is 0 Å². The number of hydrogen-bond donors (Lipinski definition) is 0. The molecule has 0 fully saturated rings. The summed E-state index contributed by atoms with van der Waals surface area (Å²) < 4.78 is 7.14. The zero-order valence-corrected chi connectivity index (χ0v) is 30.2. The third-order valence-corrected chi connectivity index (χ3v) is 12.8. The van der Waals surface area contributed by atoms with Crippen LogP contribution >= 0.6 is 11.3 Å². The van der Waals surface area contributed by atoms with Crippen LogP contribution in [0.25, 0.3) is 119 Å². The zero-order chi connectivity index (χ0) is 35.8.